The molecule has 0 radical (unpaired) electrons. The van der Waals surface area contributed by atoms with Gasteiger partial charge in [-0.25, -0.2) is 17.8 Å². The smallest absolute Gasteiger partial charge is 0.285 e. The van der Waals surface area contributed by atoms with Gasteiger partial charge in [-0.15, -0.1) is 11.8 Å². The van der Waals surface area contributed by atoms with Crippen LogP contribution in [0.25, 0.3) is 5.69 Å². The fourth-order valence-electron chi connectivity index (χ4n) is 2.55. The molecule has 0 spiro atoms. The van der Waals surface area contributed by atoms with E-state index in [1.54, 1.807) is 31.5 Å². The number of rotatable bonds is 6. The van der Waals surface area contributed by atoms with Crippen LogP contribution in [0.4, 0.5) is 0 Å². The van der Waals surface area contributed by atoms with Crippen molar-refractivity contribution in [2.45, 2.75) is 16.7 Å². The Bertz CT molecular complexity index is 1110. The SMILES string of the molecule is COc1ccc(C)cc1-n1ccc(C(=O)NS(=O)(=O)c2ccc(SC)cc2)n1. The lowest BCUT2D eigenvalue weighted by Gasteiger charge is -2.09. The summed E-state index contributed by atoms with van der Waals surface area (Å²) in [7, 11) is -2.45. The van der Waals surface area contributed by atoms with E-state index in [4.69, 9.17) is 4.74 Å². The summed E-state index contributed by atoms with van der Waals surface area (Å²) in [6.45, 7) is 1.93. The Labute approximate surface area is 167 Å². The van der Waals surface area contributed by atoms with Gasteiger partial charge in [0.2, 0.25) is 0 Å². The first kappa shape index (κ1) is 20.0. The maximum atomic E-state index is 12.4. The summed E-state index contributed by atoms with van der Waals surface area (Å²) in [6.07, 6.45) is 3.47. The molecule has 0 aliphatic carbocycles. The molecule has 0 saturated carbocycles. The van der Waals surface area contributed by atoms with Crippen LogP contribution >= 0.6 is 11.8 Å². The lowest BCUT2D eigenvalue weighted by atomic mass is 10.2. The number of aromatic nitrogens is 2. The molecule has 0 aliphatic heterocycles. The Morgan fingerprint density at radius 3 is 2.50 bits per heavy atom. The van der Waals surface area contributed by atoms with Crippen LogP contribution in [0.1, 0.15) is 16.1 Å². The third-order valence-corrected chi connectivity index (χ3v) is 6.09. The number of benzene rings is 2. The number of carbonyl (C=O) groups is 1. The lowest BCUT2D eigenvalue weighted by Crippen LogP contribution is -2.31. The molecule has 0 bridgehead atoms. The summed E-state index contributed by atoms with van der Waals surface area (Å²) in [5.74, 6) is -0.221. The quantitative estimate of drug-likeness (QED) is 0.620. The van der Waals surface area contributed by atoms with Crippen LogP contribution in [0.15, 0.2) is 64.5 Å². The number of amides is 1. The van der Waals surface area contributed by atoms with E-state index < -0.39 is 15.9 Å². The van der Waals surface area contributed by atoms with E-state index in [1.165, 1.54) is 34.6 Å². The van der Waals surface area contributed by atoms with Gasteiger partial charge in [0.1, 0.15) is 11.4 Å². The number of carbonyl (C=O) groups excluding carboxylic acids is 1. The van der Waals surface area contributed by atoms with Crippen LogP contribution in [0, 0.1) is 6.92 Å². The van der Waals surface area contributed by atoms with Crippen molar-refractivity contribution < 1.29 is 17.9 Å². The molecule has 1 N–H and O–H groups in total. The van der Waals surface area contributed by atoms with Gasteiger partial charge in [-0.3, -0.25) is 4.79 Å². The van der Waals surface area contributed by atoms with E-state index in [2.05, 4.69) is 9.82 Å². The van der Waals surface area contributed by atoms with E-state index in [9.17, 15) is 13.2 Å². The first-order valence-electron chi connectivity index (χ1n) is 8.26. The highest BCUT2D eigenvalue weighted by Gasteiger charge is 2.21. The molecule has 1 amide bonds. The number of aryl methyl sites for hydroxylation is 1. The second-order valence-electron chi connectivity index (χ2n) is 5.93. The number of methoxy groups -OCH3 is 1. The van der Waals surface area contributed by atoms with Gasteiger partial charge in [-0.1, -0.05) is 6.07 Å². The van der Waals surface area contributed by atoms with Crippen LogP contribution in [-0.4, -0.2) is 37.5 Å². The van der Waals surface area contributed by atoms with Crippen molar-refractivity contribution in [2.75, 3.05) is 13.4 Å². The van der Waals surface area contributed by atoms with Crippen LogP contribution in [-0.2, 0) is 10.0 Å². The van der Waals surface area contributed by atoms with E-state index in [0.29, 0.717) is 11.4 Å². The van der Waals surface area contributed by atoms with Gasteiger partial charge in [0.25, 0.3) is 15.9 Å². The number of nitrogens with zero attached hydrogens (tertiary/aromatic N) is 2. The second kappa shape index (κ2) is 8.07. The van der Waals surface area contributed by atoms with Crippen LogP contribution < -0.4 is 9.46 Å². The number of hydrogen-bond acceptors (Lipinski definition) is 6. The zero-order valence-corrected chi connectivity index (χ0v) is 17.2. The molecule has 0 saturated heterocycles. The second-order valence-corrected chi connectivity index (χ2v) is 8.49. The molecule has 3 aromatic rings. The average Bonchev–Trinajstić information content (AvgIpc) is 3.18. The minimum absolute atomic E-state index is 0.0124. The van der Waals surface area contributed by atoms with Crippen molar-refractivity contribution in [3.63, 3.8) is 0 Å². The Hall–Kier alpha value is -2.78. The van der Waals surface area contributed by atoms with Gasteiger partial charge in [-0.2, -0.15) is 5.10 Å². The van der Waals surface area contributed by atoms with Crippen molar-refractivity contribution in [3.8, 4) is 11.4 Å². The van der Waals surface area contributed by atoms with Crippen molar-refractivity contribution >= 4 is 27.7 Å². The van der Waals surface area contributed by atoms with Gasteiger partial charge >= 0.3 is 0 Å². The third kappa shape index (κ3) is 4.20. The molecule has 7 nitrogen and oxygen atoms in total. The van der Waals surface area contributed by atoms with E-state index >= 15 is 0 Å². The Balaban J connectivity index is 1.83. The molecule has 9 heteroatoms. The topological polar surface area (TPSA) is 90.3 Å². The zero-order valence-electron chi connectivity index (χ0n) is 15.5. The van der Waals surface area contributed by atoms with E-state index in [1.807, 2.05) is 25.3 Å². The molecule has 0 aliphatic rings. The number of hydrogen-bond donors (Lipinski definition) is 1. The number of ether oxygens (including phenoxy) is 1. The fraction of sp³-hybridized carbons (Fsp3) is 0.158. The molecular formula is C19H19N3O4S2. The molecule has 2 aromatic carbocycles. The van der Waals surface area contributed by atoms with Crippen LogP contribution in [0.3, 0.4) is 0 Å². The first-order valence-corrected chi connectivity index (χ1v) is 11.0. The monoisotopic (exact) mass is 417 g/mol. The molecular weight excluding hydrogens is 398 g/mol. The minimum Gasteiger partial charge on any atom is -0.494 e. The zero-order chi connectivity index (χ0) is 20.3. The molecule has 1 aromatic heterocycles. The van der Waals surface area contributed by atoms with Gasteiger partial charge in [0.15, 0.2) is 5.69 Å². The van der Waals surface area contributed by atoms with Crippen LogP contribution in [0.5, 0.6) is 5.75 Å². The average molecular weight is 418 g/mol. The molecule has 3 rings (SSSR count). The largest absolute Gasteiger partial charge is 0.494 e. The highest BCUT2D eigenvalue weighted by Crippen LogP contribution is 2.23. The van der Waals surface area contributed by atoms with Gasteiger partial charge < -0.3 is 4.74 Å². The highest BCUT2D eigenvalue weighted by atomic mass is 32.2. The number of nitrogens with one attached hydrogen (secondary N) is 1. The summed E-state index contributed by atoms with van der Waals surface area (Å²) in [4.78, 5) is 13.4. The van der Waals surface area contributed by atoms with Crippen molar-refractivity contribution in [1.82, 2.24) is 14.5 Å². The molecule has 146 valence electrons. The summed E-state index contributed by atoms with van der Waals surface area (Å²) < 4.78 is 33.7. The van der Waals surface area contributed by atoms with Crippen molar-refractivity contribution in [2.24, 2.45) is 0 Å². The summed E-state index contributed by atoms with van der Waals surface area (Å²) >= 11 is 1.50. The van der Waals surface area contributed by atoms with Crippen molar-refractivity contribution in [1.29, 1.82) is 0 Å². The maximum absolute atomic E-state index is 12.4. The summed E-state index contributed by atoms with van der Waals surface area (Å²) in [6, 6.07) is 13.3. The lowest BCUT2D eigenvalue weighted by molar-refractivity contribution is 0.0976. The third-order valence-electron chi connectivity index (χ3n) is 4.00. The number of sulfonamides is 1. The Kier molecular flexibility index (Phi) is 5.76. The van der Waals surface area contributed by atoms with Gasteiger partial charge in [0.05, 0.1) is 12.0 Å². The van der Waals surface area contributed by atoms with Crippen LogP contribution in [0.2, 0.25) is 0 Å². The molecule has 0 fully saturated rings. The minimum atomic E-state index is -3.99. The maximum Gasteiger partial charge on any atom is 0.285 e. The normalized spacial score (nSPS) is 11.2. The standard InChI is InChI=1S/C19H19N3O4S2/c1-13-4-9-18(26-2)17(12-13)22-11-10-16(20-22)19(23)21-28(24,25)15-7-5-14(27-3)6-8-15/h4-12H,1-3H3,(H,21,23). The Morgan fingerprint density at radius 2 is 1.86 bits per heavy atom. The predicted molar refractivity (Wildman–Crippen MR) is 108 cm³/mol. The fourth-order valence-corrected chi connectivity index (χ4v) is 3.92. The molecule has 0 atom stereocenters. The molecule has 0 unspecified atom stereocenters. The first-order chi connectivity index (χ1) is 13.3. The number of thioether (sulfide) groups is 1. The Morgan fingerprint density at radius 1 is 1.14 bits per heavy atom. The molecule has 1 heterocycles. The van der Waals surface area contributed by atoms with Gasteiger partial charge in [0, 0.05) is 11.1 Å². The summed E-state index contributed by atoms with van der Waals surface area (Å²) in [5.41, 5.74) is 1.62. The van der Waals surface area contributed by atoms with E-state index in [-0.39, 0.29) is 10.6 Å². The highest BCUT2D eigenvalue weighted by molar-refractivity contribution is 7.98. The molecule has 28 heavy (non-hydrogen) atoms. The van der Waals surface area contributed by atoms with Gasteiger partial charge in [-0.05, 0) is 61.2 Å². The summed E-state index contributed by atoms with van der Waals surface area (Å²) in [5, 5.41) is 4.19. The van der Waals surface area contributed by atoms with E-state index in [0.717, 1.165) is 10.5 Å². The van der Waals surface area contributed by atoms with Crippen molar-refractivity contribution in [3.05, 3.63) is 66.0 Å². The predicted octanol–water partition coefficient (Wildman–Crippen LogP) is 3.03.